The zero-order valence-electron chi connectivity index (χ0n) is 9.52. The summed E-state index contributed by atoms with van der Waals surface area (Å²) in [6.07, 6.45) is 0.345. The molecule has 0 aliphatic rings. The molecule has 0 aromatic rings. The van der Waals surface area contributed by atoms with Gasteiger partial charge in [-0.05, 0) is 20.0 Å². The van der Waals surface area contributed by atoms with Gasteiger partial charge in [-0.25, -0.2) is 0 Å². The largest absolute Gasteiger partial charge is 0.378 e. The van der Waals surface area contributed by atoms with Crippen LogP contribution in [0.5, 0.6) is 0 Å². The van der Waals surface area contributed by atoms with Gasteiger partial charge in [0.1, 0.15) is 0 Å². The van der Waals surface area contributed by atoms with Crippen LogP contribution in [-0.2, 0) is 9.09 Å². The van der Waals surface area contributed by atoms with Crippen LogP contribution in [0.3, 0.4) is 0 Å². The van der Waals surface area contributed by atoms with Crippen molar-refractivity contribution in [2.24, 2.45) is 5.73 Å². The monoisotopic (exact) mass is 253 g/mol. The summed E-state index contributed by atoms with van der Waals surface area (Å²) in [5.41, 5.74) is 5.24. The van der Waals surface area contributed by atoms with Gasteiger partial charge in [-0.1, -0.05) is 13.8 Å². The van der Waals surface area contributed by atoms with Crippen LogP contribution in [-0.4, -0.2) is 36.0 Å². The molecule has 0 aliphatic heterocycles. The van der Waals surface area contributed by atoms with Gasteiger partial charge in [-0.2, -0.15) is 0 Å². The van der Waals surface area contributed by atoms with Crippen molar-refractivity contribution < 1.29 is 9.09 Å². The summed E-state index contributed by atoms with van der Waals surface area (Å²) in [5, 5.41) is 7.00. The highest BCUT2D eigenvalue weighted by atomic mass is 32.7. The maximum Gasteiger partial charge on any atom is 0.278 e. The van der Waals surface area contributed by atoms with Crippen molar-refractivity contribution in [2.75, 3.05) is 26.0 Å². The summed E-state index contributed by atoms with van der Waals surface area (Å²) in [6, 6.07) is 0. The predicted octanol–water partition coefficient (Wildman–Crippen LogP) is 2.14. The average molecular weight is 253 g/mol. The van der Waals surface area contributed by atoms with Crippen molar-refractivity contribution in [3.8, 4) is 0 Å². The highest BCUT2D eigenvalue weighted by Gasteiger charge is 2.27. The first kappa shape index (κ1) is 15.0. The highest BCUT2D eigenvalue weighted by molar-refractivity contribution is 8.63. The Kier molecular flexibility index (Phi) is 7.26. The fourth-order valence-corrected chi connectivity index (χ4v) is 4.92. The Morgan fingerprint density at radius 2 is 2.00 bits per heavy atom. The number of hydrogen-bond acceptors (Lipinski definition) is 5. The molecule has 0 amide bonds. The van der Waals surface area contributed by atoms with Gasteiger partial charge in [-0.15, -0.1) is 0 Å². The lowest BCUT2D eigenvalue weighted by Crippen LogP contribution is -2.24. The number of rotatable bonds is 7. The second kappa shape index (κ2) is 7.28. The minimum absolute atomic E-state index is 0.154. The first-order valence-corrected chi connectivity index (χ1v) is 8.20. The normalized spacial score (nSPS) is 15.2. The molecular weight excluding hydrogens is 233 g/mol. The second-order valence-electron chi connectivity index (χ2n) is 2.93. The maximum absolute atomic E-state index is 12.2. The smallest absolute Gasteiger partial charge is 0.278 e. The minimum atomic E-state index is -2.87. The average Bonchev–Trinajstić information content (AvgIpc) is 2.13. The molecule has 0 aromatic heterocycles. The molecule has 90 valence electrons. The number of hydrogen-bond donors (Lipinski definition) is 2. The van der Waals surface area contributed by atoms with Crippen LogP contribution >= 0.6 is 18.0 Å². The molecule has 0 aliphatic carbocycles. The van der Waals surface area contributed by atoms with Crippen LogP contribution in [0.15, 0.2) is 0 Å². The molecule has 5 nitrogen and oxygen atoms in total. The molecule has 0 rings (SSSR count). The SMILES string of the molecule is CCOP(=O)(CN(CC)CC)SC(=N)N. The lowest BCUT2D eigenvalue weighted by Gasteiger charge is -2.24. The molecule has 0 spiro atoms. The molecule has 0 fully saturated rings. The molecule has 0 bridgehead atoms. The van der Waals surface area contributed by atoms with E-state index in [0.717, 1.165) is 24.5 Å². The lowest BCUT2D eigenvalue weighted by atomic mass is 10.6. The van der Waals surface area contributed by atoms with Gasteiger partial charge in [-0.3, -0.25) is 14.9 Å². The van der Waals surface area contributed by atoms with Crippen LogP contribution < -0.4 is 5.73 Å². The van der Waals surface area contributed by atoms with E-state index in [2.05, 4.69) is 0 Å². The van der Waals surface area contributed by atoms with Crippen molar-refractivity contribution in [2.45, 2.75) is 20.8 Å². The maximum atomic E-state index is 12.2. The fourth-order valence-electron chi connectivity index (χ4n) is 1.11. The molecule has 7 heteroatoms. The Morgan fingerprint density at radius 1 is 1.47 bits per heavy atom. The van der Waals surface area contributed by atoms with Crippen molar-refractivity contribution in [1.82, 2.24) is 4.90 Å². The third-order valence-electron chi connectivity index (χ3n) is 1.83. The van der Waals surface area contributed by atoms with E-state index in [1.807, 2.05) is 18.7 Å². The molecule has 1 unspecified atom stereocenters. The van der Waals surface area contributed by atoms with Crippen LogP contribution in [0.2, 0.25) is 0 Å². The van der Waals surface area contributed by atoms with Crippen molar-refractivity contribution in [1.29, 1.82) is 5.41 Å². The van der Waals surface area contributed by atoms with Crippen LogP contribution in [0.25, 0.3) is 0 Å². The predicted molar refractivity (Wildman–Crippen MR) is 66.5 cm³/mol. The summed E-state index contributed by atoms with van der Waals surface area (Å²) in [6.45, 7) is 4.91. The number of amidine groups is 1. The van der Waals surface area contributed by atoms with Gasteiger partial charge in [0.25, 0.3) is 6.57 Å². The van der Waals surface area contributed by atoms with E-state index >= 15 is 0 Å². The fraction of sp³-hybridized carbons (Fsp3) is 0.875. The molecule has 15 heavy (non-hydrogen) atoms. The van der Waals surface area contributed by atoms with Crippen molar-refractivity contribution in [3.63, 3.8) is 0 Å². The summed E-state index contributed by atoms with van der Waals surface area (Å²) in [4.78, 5) is 2.01. The van der Waals surface area contributed by atoms with Crippen molar-refractivity contribution in [3.05, 3.63) is 0 Å². The van der Waals surface area contributed by atoms with E-state index in [1.54, 1.807) is 6.92 Å². The summed E-state index contributed by atoms with van der Waals surface area (Å²) >= 11 is 0.838. The third kappa shape index (κ3) is 6.20. The first-order valence-electron chi connectivity index (χ1n) is 4.97. The first-order chi connectivity index (χ1) is 6.97. The molecule has 0 radical (unpaired) electrons. The Hall–Kier alpha value is -0.0300. The topological polar surface area (TPSA) is 79.4 Å². The van der Waals surface area contributed by atoms with Gasteiger partial charge in [0.05, 0.1) is 12.9 Å². The zero-order chi connectivity index (χ0) is 11.9. The lowest BCUT2D eigenvalue weighted by molar-refractivity contribution is 0.301. The van der Waals surface area contributed by atoms with Crippen LogP contribution in [0.4, 0.5) is 0 Å². The van der Waals surface area contributed by atoms with Gasteiger partial charge in [0, 0.05) is 11.4 Å². The van der Waals surface area contributed by atoms with Gasteiger partial charge in [0.15, 0.2) is 5.17 Å². The van der Waals surface area contributed by atoms with E-state index in [1.165, 1.54) is 0 Å². The van der Waals surface area contributed by atoms with Gasteiger partial charge in [0.2, 0.25) is 0 Å². The molecule has 0 saturated heterocycles. The molecule has 0 saturated carbocycles. The quantitative estimate of drug-likeness (QED) is 0.413. The zero-order valence-corrected chi connectivity index (χ0v) is 11.2. The van der Waals surface area contributed by atoms with E-state index in [-0.39, 0.29) is 5.17 Å². The van der Waals surface area contributed by atoms with E-state index in [4.69, 9.17) is 15.7 Å². The van der Waals surface area contributed by atoms with E-state index in [0.29, 0.717) is 12.9 Å². The molecule has 0 heterocycles. The van der Waals surface area contributed by atoms with Crippen molar-refractivity contribution >= 4 is 23.1 Å². The Balaban J connectivity index is 4.48. The molecular formula is C8H20N3O2PS. The number of nitrogens with zero attached hydrogens (tertiary/aromatic N) is 1. The van der Waals surface area contributed by atoms with Gasteiger partial charge >= 0.3 is 0 Å². The van der Waals surface area contributed by atoms with Crippen LogP contribution in [0.1, 0.15) is 20.8 Å². The Labute approximate surface area is 95.4 Å². The van der Waals surface area contributed by atoms with Crippen LogP contribution in [0, 0.1) is 5.41 Å². The summed E-state index contributed by atoms with van der Waals surface area (Å²) in [5.74, 6) is 0. The Morgan fingerprint density at radius 3 is 2.33 bits per heavy atom. The standard InChI is InChI=1S/C8H20N3O2PS/c1-4-11(5-2)7-14(12,13-6-3)15-8(9)10/h4-7H2,1-3H3,(H3,9,10). The number of nitrogens with one attached hydrogen (secondary N) is 1. The molecule has 3 N–H and O–H groups in total. The second-order valence-corrected chi connectivity index (χ2v) is 7.53. The van der Waals surface area contributed by atoms with E-state index in [9.17, 15) is 4.57 Å². The summed E-state index contributed by atoms with van der Waals surface area (Å²) in [7, 11) is 0. The highest BCUT2D eigenvalue weighted by Crippen LogP contribution is 2.59. The molecule has 1 atom stereocenters. The Bertz CT molecular complexity index is 246. The summed E-state index contributed by atoms with van der Waals surface area (Å²) < 4.78 is 17.5. The minimum Gasteiger partial charge on any atom is -0.378 e. The molecule has 0 aromatic carbocycles. The number of nitrogens with two attached hydrogens (primary N) is 1. The van der Waals surface area contributed by atoms with Gasteiger partial charge < -0.3 is 10.3 Å². The third-order valence-corrected chi connectivity index (χ3v) is 5.79. The van der Waals surface area contributed by atoms with E-state index < -0.39 is 6.57 Å².